The van der Waals surface area contributed by atoms with Gasteiger partial charge in [-0.2, -0.15) is 0 Å². The molecule has 146 valence electrons. The molecule has 0 saturated carbocycles. The van der Waals surface area contributed by atoms with E-state index in [1.165, 1.54) is 12.2 Å². The van der Waals surface area contributed by atoms with Crippen LogP contribution in [0.25, 0.3) is 11.1 Å². The first kappa shape index (κ1) is 19.8. The summed E-state index contributed by atoms with van der Waals surface area (Å²) in [6.07, 6.45) is 1.53. The fourth-order valence-corrected chi connectivity index (χ4v) is 3.20. The lowest BCUT2D eigenvalue weighted by Crippen LogP contribution is -2.44. The van der Waals surface area contributed by atoms with Crippen LogP contribution in [0.3, 0.4) is 0 Å². The van der Waals surface area contributed by atoms with Crippen LogP contribution in [0.4, 0.5) is 4.79 Å². The number of carbonyl (C=O) groups is 2. The Morgan fingerprint density at radius 1 is 1.04 bits per heavy atom. The number of amides is 1. The van der Waals surface area contributed by atoms with Crippen molar-refractivity contribution < 1.29 is 19.1 Å². The molecule has 1 aliphatic heterocycles. The molecule has 0 spiro atoms. The Kier molecular flexibility index (Phi) is 5.95. The molecule has 0 radical (unpaired) electrons. The summed E-state index contributed by atoms with van der Waals surface area (Å²) >= 11 is 0. The molecular formula is C23H25NO4. The third-order valence-electron chi connectivity index (χ3n) is 5.01. The molecule has 0 bridgehead atoms. The molecule has 1 amide bonds. The molecule has 2 aromatic rings. The molecular weight excluding hydrogens is 354 g/mol. The van der Waals surface area contributed by atoms with E-state index in [0.717, 1.165) is 11.1 Å². The van der Waals surface area contributed by atoms with E-state index in [-0.39, 0.29) is 5.78 Å². The monoisotopic (exact) mass is 379 g/mol. The Labute approximate surface area is 165 Å². The van der Waals surface area contributed by atoms with Crippen molar-refractivity contribution >= 4 is 11.9 Å². The average molecular weight is 379 g/mol. The molecule has 1 aliphatic rings. The van der Waals surface area contributed by atoms with E-state index in [9.17, 15) is 9.59 Å². The minimum atomic E-state index is -1.21. The number of nitrogens with zero attached hydrogens (tertiary/aromatic N) is 1. The maximum atomic E-state index is 12.6. The second-order valence-electron chi connectivity index (χ2n) is 6.74. The van der Waals surface area contributed by atoms with Crippen LogP contribution in [0.5, 0.6) is 0 Å². The molecule has 1 heterocycles. The average Bonchev–Trinajstić information content (AvgIpc) is 2.72. The fourth-order valence-electron chi connectivity index (χ4n) is 3.20. The zero-order valence-corrected chi connectivity index (χ0v) is 16.4. The highest BCUT2D eigenvalue weighted by molar-refractivity contribution is 5.98. The van der Waals surface area contributed by atoms with Gasteiger partial charge in [0, 0.05) is 13.1 Å². The van der Waals surface area contributed by atoms with E-state index < -0.39 is 18.0 Å². The number of carbonyl (C=O) groups excluding carboxylic acids is 2. The Hall–Kier alpha value is -2.92. The molecule has 0 fully saturated rings. The first-order valence-corrected chi connectivity index (χ1v) is 9.50. The van der Waals surface area contributed by atoms with Crippen LogP contribution in [-0.4, -0.2) is 36.2 Å². The van der Waals surface area contributed by atoms with Crippen molar-refractivity contribution in [2.24, 2.45) is 0 Å². The largest absolute Gasteiger partial charge is 0.416 e. The van der Waals surface area contributed by atoms with Crippen molar-refractivity contribution in [3.63, 3.8) is 0 Å². The minimum absolute atomic E-state index is 0.185. The lowest BCUT2D eigenvalue weighted by atomic mass is 9.88. The minimum Gasteiger partial charge on any atom is -0.416 e. The molecule has 0 aliphatic carbocycles. The van der Waals surface area contributed by atoms with E-state index >= 15 is 0 Å². The molecule has 0 aromatic heterocycles. The van der Waals surface area contributed by atoms with E-state index in [2.05, 4.69) is 0 Å². The molecule has 5 heteroatoms. The van der Waals surface area contributed by atoms with E-state index in [4.69, 9.17) is 9.47 Å². The van der Waals surface area contributed by atoms with Crippen molar-refractivity contribution in [1.29, 1.82) is 0 Å². The predicted octanol–water partition coefficient (Wildman–Crippen LogP) is 4.53. The van der Waals surface area contributed by atoms with Gasteiger partial charge in [0.25, 0.3) is 0 Å². The summed E-state index contributed by atoms with van der Waals surface area (Å²) in [7, 11) is 0. The van der Waals surface area contributed by atoms with Crippen LogP contribution >= 0.6 is 0 Å². The van der Waals surface area contributed by atoms with Crippen LogP contribution in [0, 0.1) is 0 Å². The van der Waals surface area contributed by atoms with Crippen molar-refractivity contribution in [2.45, 2.75) is 32.7 Å². The highest BCUT2D eigenvalue weighted by Gasteiger charge is 2.41. The van der Waals surface area contributed by atoms with Gasteiger partial charge < -0.3 is 14.4 Å². The third-order valence-corrected chi connectivity index (χ3v) is 5.01. The normalized spacial score (nSPS) is 21.4. The van der Waals surface area contributed by atoms with E-state index in [0.29, 0.717) is 18.7 Å². The lowest BCUT2D eigenvalue weighted by Gasteiger charge is -2.34. The fraction of sp³-hybridized carbons (Fsp3) is 0.304. The van der Waals surface area contributed by atoms with E-state index in [1.807, 2.05) is 68.4 Å². The lowest BCUT2D eigenvalue weighted by molar-refractivity contribution is -0.179. The first-order valence-electron chi connectivity index (χ1n) is 9.50. The van der Waals surface area contributed by atoms with Crippen LogP contribution in [0.1, 0.15) is 26.3 Å². The van der Waals surface area contributed by atoms with Crippen LogP contribution in [0.15, 0.2) is 66.7 Å². The predicted molar refractivity (Wildman–Crippen MR) is 108 cm³/mol. The second kappa shape index (κ2) is 8.40. The molecule has 2 aromatic carbocycles. The van der Waals surface area contributed by atoms with Gasteiger partial charge in [-0.1, -0.05) is 54.6 Å². The number of hydrogen-bond donors (Lipinski definition) is 0. The molecule has 3 rings (SSSR count). The zero-order valence-electron chi connectivity index (χ0n) is 16.4. The van der Waals surface area contributed by atoms with Crippen molar-refractivity contribution in [3.8, 4) is 11.1 Å². The summed E-state index contributed by atoms with van der Waals surface area (Å²) in [6.45, 7) is 6.55. The molecule has 0 N–H and O–H groups in total. The molecule has 28 heavy (non-hydrogen) atoms. The van der Waals surface area contributed by atoms with Crippen LogP contribution < -0.4 is 0 Å². The highest BCUT2D eigenvalue weighted by Crippen LogP contribution is 2.33. The van der Waals surface area contributed by atoms with Gasteiger partial charge in [-0.3, -0.25) is 4.79 Å². The Balaban J connectivity index is 1.79. The van der Waals surface area contributed by atoms with Crippen molar-refractivity contribution in [1.82, 2.24) is 4.90 Å². The summed E-state index contributed by atoms with van der Waals surface area (Å²) in [5.74, 6) is -0.185. The van der Waals surface area contributed by atoms with Gasteiger partial charge in [0.2, 0.25) is 6.29 Å². The van der Waals surface area contributed by atoms with Gasteiger partial charge in [0.1, 0.15) is 0 Å². The number of hydrogen-bond acceptors (Lipinski definition) is 4. The van der Waals surface area contributed by atoms with Gasteiger partial charge in [0.15, 0.2) is 11.4 Å². The summed E-state index contributed by atoms with van der Waals surface area (Å²) in [5.41, 5.74) is 1.65. The van der Waals surface area contributed by atoms with Crippen LogP contribution in [-0.2, 0) is 19.9 Å². The second-order valence-corrected chi connectivity index (χ2v) is 6.74. The number of benzene rings is 2. The maximum absolute atomic E-state index is 12.6. The third kappa shape index (κ3) is 3.99. The molecule has 0 saturated heterocycles. The number of ketones is 1. The number of rotatable bonds is 5. The standard InChI is InChI=1S/C23H25NO4/c1-4-24(5-2)22(26)27-21-16-15-20(25)23(3,28-21)19-13-11-18(12-14-19)17-9-7-6-8-10-17/h6-16,21H,4-5H2,1-3H3/t21-,23+/m1/s1. The van der Waals surface area contributed by atoms with Gasteiger partial charge in [0.05, 0.1) is 0 Å². The smallest absolute Gasteiger partial charge is 0.412 e. The van der Waals surface area contributed by atoms with Crippen molar-refractivity contribution in [3.05, 3.63) is 72.3 Å². The first-order chi connectivity index (χ1) is 13.5. The quantitative estimate of drug-likeness (QED) is 0.766. The number of ether oxygens (including phenoxy) is 2. The highest BCUT2D eigenvalue weighted by atomic mass is 16.7. The Morgan fingerprint density at radius 3 is 2.25 bits per heavy atom. The zero-order chi connectivity index (χ0) is 20.1. The molecule has 5 nitrogen and oxygen atoms in total. The van der Waals surface area contributed by atoms with Gasteiger partial charge in [-0.25, -0.2) is 4.79 Å². The summed E-state index contributed by atoms with van der Waals surface area (Å²) < 4.78 is 11.3. The maximum Gasteiger partial charge on any atom is 0.412 e. The molecule has 0 unspecified atom stereocenters. The Bertz CT molecular complexity index is 856. The molecule has 2 atom stereocenters. The van der Waals surface area contributed by atoms with Crippen LogP contribution in [0.2, 0.25) is 0 Å². The Morgan fingerprint density at radius 2 is 1.64 bits per heavy atom. The summed E-state index contributed by atoms with van der Waals surface area (Å²) in [4.78, 5) is 26.4. The van der Waals surface area contributed by atoms with E-state index in [1.54, 1.807) is 11.8 Å². The topological polar surface area (TPSA) is 55.8 Å². The summed E-state index contributed by atoms with van der Waals surface area (Å²) in [6, 6.07) is 17.7. The van der Waals surface area contributed by atoms with Gasteiger partial charge in [-0.15, -0.1) is 0 Å². The van der Waals surface area contributed by atoms with Crippen molar-refractivity contribution in [2.75, 3.05) is 13.1 Å². The van der Waals surface area contributed by atoms with Gasteiger partial charge >= 0.3 is 6.09 Å². The van der Waals surface area contributed by atoms with Gasteiger partial charge in [-0.05, 0) is 49.6 Å². The summed E-state index contributed by atoms with van der Waals surface area (Å²) in [5, 5.41) is 0. The SMILES string of the molecule is CCN(CC)C(=O)O[C@H]1C=CC(=O)[C@](C)(c2ccc(-c3ccccc3)cc2)O1.